The Labute approximate surface area is 179 Å². The highest BCUT2D eigenvalue weighted by Crippen LogP contribution is 2.28. The van der Waals surface area contributed by atoms with Crippen molar-refractivity contribution in [1.29, 1.82) is 0 Å². The lowest BCUT2D eigenvalue weighted by Crippen LogP contribution is -2.49. The Morgan fingerprint density at radius 1 is 1.07 bits per heavy atom. The second-order valence-electron chi connectivity index (χ2n) is 6.24. The van der Waals surface area contributed by atoms with E-state index >= 15 is 0 Å². The number of hydrogen-bond acceptors (Lipinski definition) is 3. The van der Waals surface area contributed by atoms with Crippen LogP contribution in [0, 0.1) is 0 Å². The van der Waals surface area contributed by atoms with Crippen molar-refractivity contribution >= 4 is 57.8 Å². The second kappa shape index (κ2) is 9.30. The zero-order chi connectivity index (χ0) is 19.4. The summed E-state index contributed by atoms with van der Waals surface area (Å²) in [6.45, 7) is 4.11. The van der Waals surface area contributed by atoms with Gasteiger partial charge in [0.2, 0.25) is 0 Å². The van der Waals surface area contributed by atoms with Crippen LogP contribution in [0.5, 0.6) is 5.75 Å². The number of piperazine rings is 1. The van der Waals surface area contributed by atoms with E-state index in [2.05, 4.69) is 15.1 Å². The van der Waals surface area contributed by atoms with Crippen molar-refractivity contribution in [3.05, 3.63) is 57.0 Å². The normalized spacial score (nSPS) is 14.9. The van der Waals surface area contributed by atoms with Crippen molar-refractivity contribution in [2.75, 3.05) is 38.6 Å². The number of ether oxygens (including phenoxy) is 1. The number of thiocarbonyl (C=S) groups is 1. The first-order valence-electron chi connectivity index (χ1n) is 8.52. The smallest absolute Gasteiger partial charge is 0.173 e. The van der Waals surface area contributed by atoms with Crippen LogP contribution in [-0.2, 0) is 6.54 Å². The minimum atomic E-state index is 0.627. The van der Waals surface area contributed by atoms with E-state index in [9.17, 15) is 0 Å². The van der Waals surface area contributed by atoms with E-state index in [4.69, 9.17) is 51.8 Å². The van der Waals surface area contributed by atoms with Crippen LogP contribution in [0.15, 0.2) is 36.4 Å². The van der Waals surface area contributed by atoms with Gasteiger partial charge in [0, 0.05) is 53.4 Å². The predicted molar refractivity (Wildman–Crippen MR) is 118 cm³/mol. The summed E-state index contributed by atoms with van der Waals surface area (Å²) in [5, 5.41) is 5.94. The van der Waals surface area contributed by atoms with E-state index in [1.807, 2.05) is 30.3 Å². The summed E-state index contributed by atoms with van der Waals surface area (Å²) in [6, 6.07) is 11.0. The van der Waals surface area contributed by atoms with Gasteiger partial charge < -0.3 is 15.0 Å². The van der Waals surface area contributed by atoms with Crippen LogP contribution in [0.3, 0.4) is 0 Å². The van der Waals surface area contributed by atoms with Gasteiger partial charge in [0.15, 0.2) is 5.11 Å². The average molecular weight is 445 g/mol. The van der Waals surface area contributed by atoms with Gasteiger partial charge >= 0.3 is 0 Å². The van der Waals surface area contributed by atoms with Crippen LogP contribution in [0.25, 0.3) is 0 Å². The van der Waals surface area contributed by atoms with Crippen LogP contribution >= 0.6 is 47.0 Å². The van der Waals surface area contributed by atoms with Crippen LogP contribution < -0.4 is 10.1 Å². The SMILES string of the molecule is COc1ccc(Cl)cc1NC(=S)N1CCN(Cc2c(Cl)cccc2Cl)CC1. The monoisotopic (exact) mass is 443 g/mol. The summed E-state index contributed by atoms with van der Waals surface area (Å²) in [6.07, 6.45) is 0. The Bertz CT molecular complexity index is 806. The molecule has 0 atom stereocenters. The largest absolute Gasteiger partial charge is 0.495 e. The van der Waals surface area contributed by atoms with Gasteiger partial charge in [-0.05, 0) is 42.5 Å². The molecule has 8 heteroatoms. The quantitative estimate of drug-likeness (QED) is 0.657. The van der Waals surface area contributed by atoms with Crippen LogP contribution in [0.1, 0.15) is 5.56 Å². The van der Waals surface area contributed by atoms with Crippen molar-refractivity contribution in [3.63, 3.8) is 0 Å². The topological polar surface area (TPSA) is 27.7 Å². The number of methoxy groups -OCH3 is 1. The van der Waals surface area contributed by atoms with Gasteiger partial charge in [0.05, 0.1) is 12.8 Å². The first-order chi connectivity index (χ1) is 13.0. The minimum Gasteiger partial charge on any atom is -0.495 e. The predicted octanol–water partition coefficient (Wildman–Crippen LogP) is 5.17. The Hall–Kier alpha value is -1.24. The lowest BCUT2D eigenvalue weighted by atomic mass is 10.2. The highest BCUT2D eigenvalue weighted by atomic mass is 35.5. The molecule has 0 aromatic heterocycles. The standard InChI is InChI=1S/C19H20Cl3N3OS/c1-26-18-6-5-13(20)11-17(18)23-19(27)25-9-7-24(8-10-25)12-14-15(21)3-2-4-16(14)22/h2-6,11H,7-10,12H2,1H3,(H,23,27). The Morgan fingerprint density at radius 3 is 2.37 bits per heavy atom. The van der Waals surface area contributed by atoms with Gasteiger partial charge in [-0.2, -0.15) is 0 Å². The summed E-state index contributed by atoms with van der Waals surface area (Å²) < 4.78 is 5.36. The lowest BCUT2D eigenvalue weighted by Gasteiger charge is -2.36. The summed E-state index contributed by atoms with van der Waals surface area (Å²) in [7, 11) is 1.62. The van der Waals surface area contributed by atoms with Crippen LogP contribution in [0.4, 0.5) is 5.69 Å². The van der Waals surface area contributed by atoms with Crippen molar-refractivity contribution in [1.82, 2.24) is 9.80 Å². The third-order valence-corrected chi connectivity index (χ3v) is 5.81. The maximum Gasteiger partial charge on any atom is 0.173 e. The van der Waals surface area contributed by atoms with Gasteiger partial charge in [0.25, 0.3) is 0 Å². The number of halogens is 3. The molecule has 0 radical (unpaired) electrons. The van der Waals surface area contributed by atoms with E-state index in [1.165, 1.54) is 0 Å². The summed E-state index contributed by atoms with van der Waals surface area (Å²) in [5.74, 6) is 0.703. The molecular formula is C19H20Cl3N3OS. The van der Waals surface area contributed by atoms with Gasteiger partial charge in [0.1, 0.15) is 5.75 Å². The number of nitrogens with one attached hydrogen (secondary N) is 1. The van der Waals surface area contributed by atoms with Gasteiger partial charge in [-0.25, -0.2) is 0 Å². The Kier molecular flexibility index (Phi) is 7.06. The lowest BCUT2D eigenvalue weighted by molar-refractivity contribution is 0.177. The van der Waals surface area contributed by atoms with Gasteiger partial charge in [-0.3, -0.25) is 4.90 Å². The molecular weight excluding hydrogens is 425 g/mol. The van der Waals surface area contributed by atoms with Crippen molar-refractivity contribution < 1.29 is 4.74 Å². The first-order valence-corrected chi connectivity index (χ1v) is 10.1. The average Bonchev–Trinajstić information content (AvgIpc) is 2.65. The molecule has 27 heavy (non-hydrogen) atoms. The molecule has 0 saturated carbocycles. The summed E-state index contributed by atoms with van der Waals surface area (Å²) >= 11 is 24.2. The van der Waals surface area contributed by atoms with Crippen LogP contribution in [-0.4, -0.2) is 48.2 Å². The number of anilines is 1. The van der Waals surface area contributed by atoms with Gasteiger partial charge in [-0.1, -0.05) is 40.9 Å². The number of hydrogen-bond donors (Lipinski definition) is 1. The molecule has 0 amide bonds. The van der Waals surface area contributed by atoms with E-state index in [-0.39, 0.29) is 0 Å². The van der Waals surface area contributed by atoms with E-state index in [0.29, 0.717) is 25.9 Å². The summed E-state index contributed by atoms with van der Waals surface area (Å²) in [4.78, 5) is 4.46. The molecule has 2 aromatic carbocycles. The Morgan fingerprint density at radius 2 is 1.74 bits per heavy atom. The maximum absolute atomic E-state index is 6.28. The van der Waals surface area contributed by atoms with Crippen molar-refractivity contribution in [2.45, 2.75) is 6.54 Å². The van der Waals surface area contributed by atoms with E-state index in [1.54, 1.807) is 13.2 Å². The minimum absolute atomic E-state index is 0.627. The number of nitrogens with zero attached hydrogens (tertiary/aromatic N) is 2. The first kappa shape index (κ1) is 20.5. The molecule has 0 aliphatic carbocycles. The molecule has 2 aromatic rings. The molecule has 144 valence electrons. The molecule has 1 heterocycles. The zero-order valence-corrected chi connectivity index (χ0v) is 17.9. The fourth-order valence-electron chi connectivity index (χ4n) is 2.99. The molecule has 1 aliphatic heterocycles. The fourth-order valence-corrected chi connectivity index (χ4v) is 3.97. The van der Waals surface area contributed by atoms with Crippen molar-refractivity contribution in [3.8, 4) is 5.75 Å². The zero-order valence-electron chi connectivity index (χ0n) is 14.8. The molecule has 1 N–H and O–H groups in total. The second-order valence-corrected chi connectivity index (χ2v) is 7.88. The number of rotatable bonds is 4. The molecule has 0 unspecified atom stereocenters. The molecule has 1 fully saturated rings. The fraction of sp³-hybridized carbons (Fsp3) is 0.316. The molecule has 4 nitrogen and oxygen atoms in total. The van der Waals surface area contributed by atoms with Crippen LogP contribution in [0.2, 0.25) is 15.1 Å². The molecule has 0 spiro atoms. The maximum atomic E-state index is 6.28. The Balaban J connectivity index is 1.57. The van der Waals surface area contributed by atoms with Gasteiger partial charge in [-0.15, -0.1) is 0 Å². The van der Waals surface area contributed by atoms with E-state index < -0.39 is 0 Å². The molecule has 1 saturated heterocycles. The number of benzene rings is 2. The third kappa shape index (κ3) is 5.18. The van der Waals surface area contributed by atoms with Crippen molar-refractivity contribution in [2.24, 2.45) is 0 Å². The highest BCUT2D eigenvalue weighted by molar-refractivity contribution is 7.80. The third-order valence-electron chi connectivity index (χ3n) is 4.51. The molecule has 0 bridgehead atoms. The van der Waals surface area contributed by atoms with E-state index in [0.717, 1.165) is 44.0 Å². The molecule has 1 aliphatic rings. The highest BCUT2D eigenvalue weighted by Gasteiger charge is 2.21. The molecule has 3 rings (SSSR count). The summed E-state index contributed by atoms with van der Waals surface area (Å²) in [5.41, 5.74) is 1.74.